The molecule has 1 atom stereocenters. The van der Waals surface area contributed by atoms with Gasteiger partial charge in [0, 0.05) is 17.1 Å². The van der Waals surface area contributed by atoms with E-state index in [-0.39, 0.29) is 16.4 Å². The molecule has 8 nitrogen and oxygen atoms in total. The molecule has 3 heterocycles. The minimum atomic E-state index is -3.89. The van der Waals surface area contributed by atoms with Crippen molar-refractivity contribution in [1.29, 1.82) is 0 Å². The molecule has 0 radical (unpaired) electrons. The van der Waals surface area contributed by atoms with Crippen LogP contribution in [0.15, 0.2) is 88.7 Å². The molecule has 2 aromatic heterocycles. The Morgan fingerprint density at radius 3 is 2.35 bits per heavy atom. The summed E-state index contributed by atoms with van der Waals surface area (Å²) in [6.07, 6.45) is 3.20. The highest BCUT2D eigenvalue weighted by molar-refractivity contribution is 7.90. The number of carbonyl (C=O) groups excluding carboxylic acids is 1. The highest BCUT2D eigenvalue weighted by atomic mass is 32.2. The van der Waals surface area contributed by atoms with Gasteiger partial charge in [0.2, 0.25) is 5.91 Å². The predicted molar refractivity (Wildman–Crippen MR) is 142 cm³/mol. The van der Waals surface area contributed by atoms with Crippen molar-refractivity contribution < 1.29 is 13.2 Å². The number of para-hydroxylation sites is 2. The van der Waals surface area contributed by atoms with E-state index >= 15 is 0 Å². The maximum absolute atomic E-state index is 13.6. The van der Waals surface area contributed by atoms with Gasteiger partial charge in [-0.2, -0.15) is 0 Å². The van der Waals surface area contributed by atoms with Crippen molar-refractivity contribution in [2.45, 2.75) is 24.8 Å². The van der Waals surface area contributed by atoms with Crippen LogP contribution in [-0.4, -0.2) is 27.8 Å². The van der Waals surface area contributed by atoms with Gasteiger partial charge in [0.1, 0.15) is 6.04 Å². The van der Waals surface area contributed by atoms with Gasteiger partial charge in [0.15, 0.2) is 5.82 Å². The summed E-state index contributed by atoms with van der Waals surface area (Å²) in [4.78, 5) is 31.0. The lowest BCUT2D eigenvalue weighted by Gasteiger charge is -2.26. The number of aryl methyl sites for hydroxylation is 1. The Labute approximate surface area is 212 Å². The lowest BCUT2D eigenvalue weighted by molar-refractivity contribution is -0.123. The average Bonchev–Trinajstić information content (AvgIpc) is 3.27. The molecule has 1 amide bonds. The first-order valence-corrected chi connectivity index (χ1v) is 13.2. The number of aromatic nitrogens is 3. The summed E-state index contributed by atoms with van der Waals surface area (Å²) in [5, 5.41) is 3.95. The fourth-order valence-electron chi connectivity index (χ4n) is 4.67. The zero-order valence-electron chi connectivity index (χ0n) is 20.0. The third-order valence-electron chi connectivity index (χ3n) is 6.66. The van der Waals surface area contributed by atoms with Gasteiger partial charge in [-0.3, -0.25) is 14.2 Å². The molecule has 9 heteroatoms. The van der Waals surface area contributed by atoms with Gasteiger partial charge in [-0.25, -0.2) is 17.4 Å². The summed E-state index contributed by atoms with van der Waals surface area (Å²) in [5.74, 6) is -0.0389. The van der Waals surface area contributed by atoms with E-state index in [4.69, 9.17) is 0 Å². The second-order valence-corrected chi connectivity index (χ2v) is 10.9. The van der Waals surface area contributed by atoms with E-state index in [9.17, 15) is 18.0 Å². The Hall–Kier alpha value is -4.50. The molecule has 1 N–H and O–H groups in total. The maximum atomic E-state index is 13.6. The summed E-state index contributed by atoms with van der Waals surface area (Å²) < 4.78 is 29.8. The topological polar surface area (TPSA) is 103 Å². The SMILES string of the molecule is Cc1ccc(S(=O)(=O)n2cc(/C=C3\NC(=O)[C@H](C)n4c3nc3ccccc3c4=O)c3ccccc32)cc1. The van der Waals surface area contributed by atoms with E-state index in [1.165, 1.54) is 14.7 Å². The molecule has 1 aliphatic rings. The van der Waals surface area contributed by atoms with Crippen LogP contribution in [0.1, 0.15) is 29.9 Å². The lowest BCUT2D eigenvalue weighted by Crippen LogP contribution is -2.43. The number of carbonyl (C=O) groups is 1. The zero-order chi connectivity index (χ0) is 25.9. The largest absolute Gasteiger partial charge is 0.321 e. The van der Waals surface area contributed by atoms with Crippen LogP contribution in [-0.2, 0) is 14.8 Å². The molecule has 184 valence electrons. The van der Waals surface area contributed by atoms with Crippen molar-refractivity contribution >= 4 is 49.5 Å². The predicted octanol–water partition coefficient (Wildman–Crippen LogP) is 4.09. The van der Waals surface area contributed by atoms with Gasteiger partial charge in [0.25, 0.3) is 15.6 Å². The molecular formula is C28H22N4O4S. The number of nitrogens with zero attached hydrogens (tertiary/aromatic N) is 3. The van der Waals surface area contributed by atoms with E-state index < -0.39 is 16.1 Å². The summed E-state index contributed by atoms with van der Waals surface area (Å²) in [6.45, 7) is 3.54. The molecule has 3 aromatic carbocycles. The second kappa shape index (κ2) is 8.28. The second-order valence-electron chi connectivity index (χ2n) is 9.07. The molecule has 37 heavy (non-hydrogen) atoms. The van der Waals surface area contributed by atoms with Crippen molar-refractivity contribution in [2.24, 2.45) is 0 Å². The summed E-state index contributed by atoms with van der Waals surface area (Å²) >= 11 is 0. The molecule has 0 fully saturated rings. The monoisotopic (exact) mass is 510 g/mol. The smallest absolute Gasteiger partial charge is 0.268 e. The summed E-state index contributed by atoms with van der Waals surface area (Å²) in [6, 6.07) is 20.0. The molecule has 0 bridgehead atoms. The third-order valence-corrected chi connectivity index (χ3v) is 8.35. The van der Waals surface area contributed by atoms with E-state index in [0.717, 1.165) is 5.56 Å². The van der Waals surface area contributed by atoms with Gasteiger partial charge < -0.3 is 5.32 Å². The number of nitrogens with one attached hydrogen (secondary N) is 1. The number of benzene rings is 3. The molecule has 0 saturated heterocycles. The third kappa shape index (κ3) is 3.58. The van der Waals surface area contributed by atoms with E-state index in [0.29, 0.717) is 38.9 Å². The Kier molecular flexibility index (Phi) is 5.13. The van der Waals surface area contributed by atoms with Gasteiger partial charge in [-0.1, -0.05) is 48.0 Å². The van der Waals surface area contributed by atoms with Crippen LogP contribution >= 0.6 is 0 Å². The van der Waals surface area contributed by atoms with Crippen molar-refractivity contribution in [2.75, 3.05) is 0 Å². The standard InChI is InChI=1S/C28H22N4O4S/c1-17-11-13-20(14-12-17)37(35,36)31-16-19(21-7-4-6-10-25(21)31)15-24-26-29-23-9-5-3-8-22(23)28(34)32(26)18(2)27(33)30-24/h3-16,18H,1-2H3,(H,30,33)/b24-15-/t18-/m0/s1. The number of fused-ring (bicyclic) bond motifs is 3. The molecule has 0 unspecified atom stereocenters. The Balaban J connectivity index is 1.59. The van der Waals surface area contributed by atoms with E-state index in [1.54, 1.807) is 73.7 Å². The van der Waals surface area contributed by atoms with Crippen LogP contribution in [0, 0.1) is 6.92 Å². The lowest BCUT2D eigenvalue weighted by atomic mass is 10.1. The van der Waals surface area contributed by atoms with Gasteiger partial charge in [0.05, 0.1) is 27.0 Å². The minimum Gasteiger partial charge on any atom is -0.321 e. The van der Waals surface area contributed by atoms with Crippen LogP contribution in [0.5, 0.6) is 0 Å². The van der Waals surface area contributed by atoms with E-state index in [2.05, 4.69) is 10.3 Å². The normalized spacial score (nSPS) is 16.8. The fraction of sp³-hybridized carbons (Fsp3) is 0.107. The highest BCUT2D eigenvalue weighted by Gasteiger charge is 2.30. The number of rotatable bonds is 3. The quantitative estimate of drug-likeness (QED) is 0.394. The van der Waals surface area contributed by atoms with Gasteiger partial charge >= 0.3 is 0 Å². The molecule has 0 saturated carbocycles. The molecule has 5 aromatic rings. The van der Waals surface area contributed by atoms with Crippen molar-refractivity contribution in [3.63, 3.8) is 0 Å². The summed E-state index contributed by atoms with van der Waals surface area (Å²) in [5.41, 5.74) is 2.54. The van der Waals surface area contributed by atoms with Crippen LogP contribution in [0.4, 0.5) is 0 Å². The first kappa shape index (κ1) is 22.9. The molecule has 0 aliphatic carbocycles. The number of amides is 1. The Morgan fingerprint density at radius 1 is 0.919 bits per heavy atom. The molecule has 1 aliphatic heterocycles. The zero-order valence-corrected chi connectivity index (χ0v) is 20.9. The first-order valence-electron chi connectivity index (χ1n) is 11.7. The van der Waals surface area contributed by atoms with Crippen LogP contribution < -0.4 is 10.9 Å². The van der Waals surface area contributed by atoms with E-state index in [1.807, 2.05) is 19.1 Å². The van der Waals surface area contributed by atoms with Gasteiger partial charge in [-0.15, -0.1) is 0 Å². The van der Waals surface area contributed by atoms with Crippen LogP contribution in [0.25, 0.3) is 33.6 Å². The van der Waals surface area contributed by atoms with Crippen molar-refractivity contribution in [3.05, 3.63) is 106 Å². The van der Waals surface area contributed by atoms with Crippen molar-refractivity contribution in [3.8, 4) is 0 Å². The molecule has 6 rings (SSSR count). The Morgan fingerprint density at radius 2 is 1.59 bits per heavy atom. The number of hydrogen-bond donors (Lipinski definition) is 1. The first-order chi connectivity index (χ1) is 17.8. The molecule has 0 spiro atoms. The van der Waals surface area contributed by atoms with Crippen LogP contribution in [0.2, 0.25) is 0 Å². The van der Waals surface area contributed by atoms with Crippen LogP contribution in [0.3, 0.4) is 0 Å². The fourth-order valence-corrected chi connectivity index (χ4v) is 6.05. The Bertz CT molecular complexity index is 1930. The minimum absolute atomic E-state index is 0.169. The highest BCUT2D eigenvalue weighted by Crippen LogP contribution is 2.30. The average molecular weight is 511 g/mol. The van der Waals surface area contributed by atoms with Crippen molar-refractivity contribution in [1.82, 2.24) is 18.8 Å². The number of hydrogen-bond acceptors (Lipinski definition) is 5. The molecular weight excluding hydrogens is 488 g/mol. The van der Waals surface area contributed by atoms with Gasteiger partial charge in [-0.05, 0) is 50.3 Å². The maximum Gasteiger partial charge on any atom is 0.268 e. The summed E-state index contributed by atoms with van der Waals surface area (Å²) in [7, 11) is -3.89.